The molecule has 1 aromatic heterocycles. The third kappa shape index (κ3) is 3.37. The van der Waals surface area contributed by atoms with Crippen LogP contribution in [0.15, 0.2) is 12.4 Å². The minimum Gasteiger partial charge on any atom is -0.477 e. The first-order chi connectivity index (χ1) is 9.76. The van der Waals surface area contributed by atoms with Gasteiger partial charge in [-0.15, -0.1) is 0 Å². The molecule has 20 heavy (non-hydrogen) atoms. The maximum atomic E-state index is 11.9. The standard InChI is InChI=1S/C14H21N3O3/c1-3-8-20-13-10-15-9-12(16-13)17-7-5-6-11(17)14(18)19-4-2/h9-11H,3-8H2,1-2H3. The second kappa shape index (κ2) is 7.07. The zero-order chi connectivity index (χ0) is 14.4. The topological polar surface area (TPSA) is 64.5 Å². The molecule has 2 rings (SSSR count). The van der Waals surface area contributed by atoms with Gasteiger partial charge < -0.3 is 14.4 Å². The number of hydrogen-bond acceptors (Lipinski definition) is 6. The highest BCUT2D eigenvalue weighted by atomic mass is 16.5. The molecule has 0 bridgehead atoms. The van der Waals surface area contributed by atoms with Crippen molar-refractivity contribution in [2.75, 3.05) is 24.7 Å². The number of hydrogen-bond donors (Lipinski definition) is 0. The van der Waals surface area contributed by atoms with E-state index in [4.69, 9.17) is 9.47 Å². The van der Waals surface area contributed by atoms with Gasteiger partial charge in [0.2, 0.25) is 5.88 Å². The van der Waals surface area contributed by atoms with Crippen LogP contribution < -0.4 is 9.64 Å². The Kier molecular flexibility index (Phi) is 5.15. The first-order valence-electron chi connectivity index (χ1n) is 7.14. The second-order valence-corrected chi connectivity index (χ2v) is 4.67. The summed E-state index contributed by atoms with van der Waals surface area (Å²) in [6.07, 6.45) is 5.91. The summed E-state index contributed by atoms with van der Waals surface area (Å²) in [6, 6.07) is -0.259. The lowest BCUT2D eigenvalue weighted by Gasteiger charge is -2.23. The molecule has 2 heterocycles. The van der Waals surface area contributed by atoms with Crippen molar-refractivity contribution >= 4 is 11.8 Å². The molecule has 1 fully saturated rings. The Balaban J connectivity index is 2.11. The number of aromatic nitrogens is 2. The molecule has 0 saturated carbocycles. The van der Waals surface area contributed by atoms with Crippen molar-refractivity contribution < 1.29 is 14.3 Å². The van der Waals surface area contributed by atoms with Gasteiger partial charge in [-0.05, 0) is 26.2 Å². The van der Waals surface area contributed by atoms with Gasteiger partial charge in [-0.3, -0.25) is 4.98 Å². The van der Waals surface area contributed by atoms with Crippen LogP contribution in [0.3, 0.4) is 0 Å². The summed E-state index contributed by atoms with van der Waals surface area (Å²) in [7, 11) is 0. The fourth-order valence-electron chi connectivity index (χ4n) is 2.28. The van der Waals surface area contributed by atoms with E-state index >= 15 is 0 Å². The number of nitrogens with zero attached hydrogens (tertiary/aromatic N) is 3. The number of ether oxygens (including phenoxy) is 2. The maximum absolute atomic E-state index is 11.9. The molecule has 1 saturated heterocycles. The van der Waals surface area contributed by atoms with Crippen LogP contribution in [0, 0.1) is 0 Å². The van der Waals surface area contributed by atoms with Crippen molar-refractivity contribution in [3.05, 3.63) is 12.4 Å². The summed E-state index contributed by atoms with van der Waals surface area (Å²) in [6.45, 7) is 5.65. The van der Waals surface area contributed by atoms with E-state index in [2.05, 4.69) is 9.97 Å². The van der Waals surface area contributed by atoms with Crippen molar-refractivity contribution in [2.24, 2.45) is 0 Å². The van der Waals surface area contributed by atoms with Gasteiger partial charge >= 0.3 is 5.97 Å². The highest BCUT2D eigenvalue weighted by Gasteiger charge is 2.33. The molecule has 1 atom stereocenters. The van der Waals surface area contributed by atoms with E-state index in [9.17, 15) is 4.79 Å². The van der Waals surface area contributed by atoms with E-state index in [-0.39, 0.29) is 12.0 Å². The second-order valence-electron chi connectivity index (χ2n) is 4.67. The highest BCUT2D eigenvalue weighted by molar-refractivity contribution is 5.80. The minimum atomic E-state index is -0.259. The molecule has 0 radical (unpaired) electrons. The lowest BCUT2D eigenvalue weighted by Crippen LogP contribution is -2.38. The Morgan fingerprint density at radius 1 is 1.45 bits per heavy atom. The predicted molar refractivity (Wildman–Crippen MR) is 74.8 cm³/mol. The summed E-state index contributed by atoms with van der Waals surface area (Å²) in [5.74, 6) is 0.986. The van der Waals surface area contributed by atoms with Gasteiger partial charge in [-0.25, -0.2) is 4.79 Å². The van der Waals surface area contributed by atoms with Gasteiger partial charge in [0, 0.05) is 6.54 Å². The van der Waals surface area contributed by atoms with E-state index in [1.807, 2.05) is 18.7 Å². The van der Waals surface area contributed by atoms with Crippen LogP contribution >= 0.6 is 0 Å². The lowest BCUT2D eigenvalue weighted by atomic mass is 10.2. The summed E-state index contributed by atoms with van der Waals surface area (Å²) in [4.78, 5) is 22.4. The average molecular weight is 279 g/mol. The van der Waals surface area contributed by atoms with Crippen molar-refractivity contribution in [3.8, 4) is 5.88 Å². The van der Waals surface area contributed by atoms with E-state index in [0.717, 1.165) is 25.8 Å². The third-order valence-corrected chi connectivity index (χ3v) is 3.16. The van der Waals surface area contributed by atoms with Gasteiger partial charge in [0.25, 0.3) is 0 Å². The fourth-order valence-corrected chi connectivity index (χ4v) is 2.28. The van der Waals surface area contributed by atoms with Crippen LogP contribution in [-0.2, 0) is 9.53 Å². The molecule has 0 spiro atoms. The molecule has 1 aliphatic rings. The molecule has 0 aromatic carbocycles. The zero-order valence-electron chi connectivity index (χ0n) is 12.0. The average Bonchev–Trinajstić information content (AvgIpc) is 2.95. The molecule has 0 amide bonds. The molecule has 1 aliphatic heterocycles. The molecule has 110 valence electrons. The Morgan fingerprint density at radius 2 is 2.30 bits per heavy atom. The quantitative estimate of drug-likeness (QED) is 0.740. The van der Waals surface area contributed by atoms with E-state index in [1.54, 1.807) is 12.4 Å². The number of carbonyl (C=O) groups excluding carboxylic acids is 1. The maximum Gasteiger partial charge on any atom is 0.328 e. The summed E-state index contributed by atoms with van der Waals surface area (Å²) < 4.78 is 10.6. The zero-order valence-corrected chi connectivity index (χ0v) is 12.0. The molecule has 6 heteroatoms. The Labute approximate surface area is 119 Å². The molecular weight excluding hydrogens is 258 g/mol. The largest absolute Gasteiger partial charge is 0.477 e. The smallest absolute Gasteiger partial charge is 0.328 e. The Bertz CT molecular complexity index is 453. The first kappa shape index (κ1) is 14.6. The van der Waals surface area contributed by atoms with Crippen molar-refractivity contribution in [3.63, 3.8) is 0 Å². The highest BCUT2D eigenvalue weighted by Crippen LogP contribution is 2.25. The summed E-state index contributed by atoms with van der Waals surface area (Å²) in [5, 5.41) is 0. The van der Waals surface area contributed by atoms with Crippen LogP contribution in [0.1, 0.15) is 33.1 Å². The monoisotopic (exact) mass is 279 g/mol. The van der Waals surface area contributed by atoms with Gasteiger partial charge in [0.1, 0.15) is 6.04 Å². The number of carbonyl (C=O) groups is 1. The van der Waals surface area contributed by atoms with Crippen LogP contribution in [-0.4, -0.2) is 41.7 Å². The molecule has 6 nitrogen and oxygen atoms in total. The SMILES string of the molecule is CCCOc1cncc(N2CCCC2C(=O)OCC)n1. The number of rotatable bonds is 6. The Hall–Kier alpha value is -1.85. The normalized spacial score (nSPS) is 18.1. The molecule has 1 aromatic rings. The van der Waals surface area contributed by atoms with E-state index in [1.165, 1.54) is 0 Å². The number of anilines is 1. The van der Waals surface area contributed by atoms with E-state index in [0.29, 0.717) is 24.9 Å². The lowest BCUT2D eigenvalue weighted by molar-refractivity contribution is -0.144. The third-order valence-electron chi connectivity index (χ3n) is 3.16. The predicted octanol–water partition coefficient (Wildman–Crippen LogP) is 1.80. The van der Waals surface area contributed by atoms with Gasteiger partial charge in [0.15, 0.2) is 5.82 Å². The first-order valence-corrected chi connectivity index (χ1v) is 7.14. The molecule has 0 aliphatic carbocycles. The van der Waals surface area contributed by atoms with Crippen LogP contribution in [0.2, 0.25) is 0 Å². The van der Waals surface area contributed by atoms with Crippen molar-refractivity contribution in [1.29, 1.82) is 0 Å². The van der Waals surface area contributed by atoms with Crippen LogP contribution in [0.4, 0.5) is 5.82 Å². The van der Waals surface area contributed by atoms with Crippen LogP contribution in [0.5, 0.6) is 5.88 Å². The van der Waals surface area contributed by atoms with Crippen molar-refractivity contribution in [2.45, 2.75) is 39.2 Å². The minimum absolute atomic E-state index is 0.188. The fraction of sp³-hybridized carbons (Fsp3) is 0.643. The Morgan fingerprint density at radius 3 is 3.05 bits per heavy atom. The summed E-state index contributed by atoms with van der Waals surface area (Å²) in [5.41, 5.74) is 0. The van der Waals surface area contributed by atoms with E-state index < -0.39 is 0 Å². The molecule has 1 unspecified atom stereocenters. The molecule has 0 N–H and O–H groups in total. The van der Waals surface area contributed by atoms with Gasteiger partial charge in [-0.2, -0.15) is 4.98 Å². The number of esters is 1. The van der Waals surface area contributed by atoms with Crippen LogP contribution in [0.25, 0.3) is 0 Å². The van der Waals surface area contributed by atoms with Gasteiger partial charge in [-0.1, -0.05) is 6.92 Å². The summed E-state index contributed by atoms with van der Waals surface area (Å²) >= 11 is 0. The molecular formula is C14H21N3O3. The van der Waals surface area contributed by atoms with Gasteiger partial charge in [0.05, 0.1) is 25.6 Å². The van der Waals surface area contributed by atoms with Crippen molar-refractivity contribution in [1.82, 2.24) is 9.97 Å².